The van der Waals surface area contributed by atoms with Gasteiger partial charge in [0.25, 0.3) is 0 Å². The van der Waals surface area contributed by atoms with Crippen LogP contribution in [0.3, 0.4) is 0 Å². The monoisotopic (exact) mass is 370 g/mol. The highest BCUT2D eigenvalue weighted by molar-refractivity contribution is 5.97. The van der Waals surface area contributed by atoms with Gasteiger partial charge in [-0.2, -0.15) is 0 Å². The van der Waals surface area contributed by atoms with Gasteiger partial charge in [-0.1, -0.05) is 18.2 Å². The van der Waals surface area contributed by atoms with E-state index in [9.17, 15) is 14.3 Å². The number of amides is 1. The van der Waals surface area contributed by atoms with E-state index < -0.39 is 0 Å². The number of aromatic hydroxyl groups is 1. The van der Waals surface area contributed by atoms with E-state index >= 15 is 0 Å². The molecule has 5 nitrogen and oxygen atoms in total. The molecule has 2 heterocycles. The van der Waals surface area contributed by atoms with Crippen LogP contribution in [-0.4, -0.2) is 48.2 Å². The van der Waals surface area contributed by atoms with E-state index in [-0.39, 0.29) is 29.6 Å². The molecule has 1 N–H and O–H groups in total. The standard InChI is InChI=1S/C21H23FN2O3/c22-16-5-2-6-17(13-16)24-9-3-8-19(21(24)26)23-10-11-27-20(14-23)15-4-1-7-18(25)12-15/h1-2,4-7,12-13,19-20,25H,3,8-11,14H2. The number of piperidine rings is 1. The minimum Gasteiger partial charge on any atom is -0.508 e. The molecule has 2 aliphatic rings. The zero-order valence-electron chi connectivity index (χ0n) is 15.1. The second-order valence-electron chi connectivity index (χ2n) is 7.08. The Morgan fingerprint density at radius 2 is 1.96 bits per heavy atom. The predicted molar refractivity (Wildman–Crippen MR) is 100 cm³/mol. The number of benzene rings is 2. The number of carbonyl (C=O) groups is 1. The Bertz CT molecular complexity index is 829. The molecule has 2 aromatic rings. The second-order valence-corrected chi connectivity index (χ2v) is 7.08. The first-order chi connectivity index (χ1) is 13.1. The summed E-state index contributed by atoms with van der Waals surface area (Å²) in [5.74, 6) is -0.111. The molecule has 0 bridgehead atoms. The molecular formula is C21H23FN2O3. The molecule has 4 rings (SSSR count). The third-order valence-corrected chi connectivity index (χ3v) is 5.31. The summed E-state index contributed by atoms with van der Waals surface area (Å²) < 4.78 is 19.5. The summed E-state index contributed by atoms with van der Waals surface area (Å²) in [6.07, 6.45) is 1.49. The second kappa shape index (κ2) is 7.66. The van der Waals surface area contributed by atoms with Crippen LogP contribution in [0.1, 0.15) is 24.5 Å². The Labute approximate surface area is 158 Å². The summed E-state index contributed by atoms with van der Waals surface area (Å²) in [4.78, 5) is 17.0. The number of hydrogen-bond donors (Lipinski definition) is 1. The largest absolute Gasteiger partial charge is 0.508 e. The molecule has 6 heteroatoms. The Hall–Kier alpha value is -2.44. The average Bonchev–Trinajstić information content (AvgIpc) is 2.68. The predicted octanol–water partition coefficient (Wildman–Crippen LogP) is 3.10. The summed E-state index contributed by atoms with van der Waals surface area (Å²) in [6, 6.07) is 13.0. The Kier molecular flexibility index (Phi) is 5.09. The number of phenols is 1. The van der Waals surface area contributed by atoms with E-state index in [4.69, 9.17) is 4.74 Å². The molecule has 2 atom stereocenters. The fourth-order valence-electron chi connectivity index (χ4n) is 3.97. The molecule has 2 aromatic carbocycles. The lowest BCUT2D eigenvalue weighted by Crippen LogP contribution is -2.55. The highest BCUT2D eigenvalue weighted by Gasteiger charge is 2.36. The fraction of sp³-hybridized carbons (Fsp3) is 0.381. The molecular weight excluding hydrogens is 347 g/mol. The lowest BCUT2D eigenvalue weighted by molar-refractivity contribution is -0.129. The molecule has 0 spiro atoms. The summed E-state index contributed by atoms with van der Waals surface area (Å²) in [7, 11) is 0. The van der Waals surface area contributed by atoms with Crippen molar-refractivity contribution in [3.05, 3.63) is 59.9 Å². The maximum Gasteiger partial charge on any atom is 0.244 e. The quantitative estimate of drug-likeness (QED) is 0.902. The number of nitrogens with zero attached hydrogens (tertiary/aromatic N) is 2. The maximum atomic E-state index is 13.6. The normalized spacial score (nSPS) is 24.2. The molecule has 0 aliphatic carbocycles. The number of anilines is 1. The van der Waals surface area contributed by atoms with Crippen LogP contribution >= 0.6 is 0 Å². The van der Waals surface area contributed by atoms with Crippen LogP contribution in [0, 0.1) is 5.82 Å². The van der Waals surface area contributed by atoms with Gasteiger partial charge in [-0.15, -0.1) is 0 Å². The fourth-order valence-corrected chi connectivity index (χ4v) is 3.97. The molecule has 142 valence electrons. The van der Waals surface area contributed by atoms with Crippen molar-refractivity contribution in [2.75, 3.05) is 31.1 Å². The molecule has 0 saturated carbocycles. The van der Waals surface area contributed by atoms with Crippen molar-refractivity contribution in [3.63, 3.8) is 0 Å². The van der Waals surface area contributed by atoms with E-state index in [0.717, 1.165) is 18.4 Å². The summed E-state index contributed by atoms with van der Waals surface area (Å²) in [5.41, 5.74) is 1.52. The Morgan fingerprint density at radius 3 is 2.78 bits per heavy atom. The molecule has 2 saturated heterocycles. The van der Waals surface area contributed by atoms with Crippen molar-refractivity contribution in [1.82, 2.24) is 4.90 Å². The Morgan fingerprint density at radius 1 is 1.11 bits per heavy atom. The highest BCUT2D eigenvalue weighted by Crippen LogP contribution is 2.29. The first-order valence-electron chi connectivity index (χ1n) is 9.33. The van der Waals surface area contributed by atoms with Gasteiger partial charge >= 0.3 is 0 Å². The number of hydrogen-bond acceptors (Lipinski definition) is 4. The van der Waals surface area contributed by atoms with Gasteiger partial charge in [-0.05, 0) is 48.7 Å². The van der Waals surface area contributed by atoms with Crippen LogP contribution in [0.15, 0.2) is 48.5 Å². The van der Waals surface area contributed by atoms with Crippen LogP contribution in [-0.2, 0) is 9.53 Å². The first-order valence-corrected chi connectivity index (χ1v) is 9.33. The number of phenolic OH excluding ortho intramolecular Hbond substituents is 1. The topological polar surface area (TPSA) is 53.0 Å². The first kappa shape index (κ1) is 17.9. The van der Waals surface area contributed by atoms with Crippen molar-refractivity contribution in [1.29, 1.82) is 0 Å². The van der Waals surface area contributed by atoms with E-state index in [0.29, 0.717) is 31.9 Å². The lowest BCUT2D eigenvalue weighted by atomic mass is 9.99. The molecule has 1 amide bonds. The zero-order chi connectivity index (χ0) is 18.8. The number of halogens is 1. The van der Waals surface area contributed by atoms with Gasteiger partial charge in [0.1, 0.15) is 11.6 Å². The van der Waals surface area contributed by atoms with Gasteiger partial charge < -0.3 is 14.7 Å². The zero-order valence-corrected chi connectivity index (χ0v) is 15.1. The van der Waals surface area contributed by atoms with Crippen LogP contribution in [0.4, 0.5) is 10.1 Å². The van der Waals surface area contributed by atoms with E-state index in [1.54, 1.807) is 35.2 Å². The lowest BCUT2D eigenvalue weighted by Gasteiger charge is -2.42. The van der Waals surface area contributed by atoms with Gasteiger partial charge in [0.2, 0.25) is 5.91 Å². The minimum absolute atomic E-state index is 0.0170. The summed E-state index contributed by atoms with van der Waals surface area (Å²) in [6.45, 7) is 2.42. The molecule has 27 heavy (non-hydrogen) atoms. The average molecular weight is 370 g/mol. The van der Waals surface area contributed by atoms with Gasteiger partial charge in [-0.3, -0.25) is 9.69 Å². The summed E-state index contributed by atoms with van der Waals surface area (Å²) in [5, 5.41) is 9.72. The molecule has 2 aliphatic heterocycles. The number of morpholine rings is 1. The van der Waals surface area contributed by atoms with Crippen molar-refractivity contribution < 1.29 is 19.0 Å². The van der Waals surface area contributed by atoms with Gasteiger partial charge in [-0.25, -0.2) is 4.39 Å². The highest BCUT2D eigenvalue weighted by atomic mass is 19.1. The maximum absolute atomic E-state index is 13.6. The molecule has 2 fully saturated rings. The van der Waals surface area contributed by atoms with E-state index in [2.05, 4.69) is 4.90 Å². The van der Waals surface area contributed by atoms with E-state index in [1.165, 1.54) is 12.1 Å². The molecule has 0 aromatic heterocycles. The van der Waals surface area contributed by atoms with Crippen LogP contribution in [0.25, 0.3) is 0 Å². The van der Waals surface area contributed by atoms with Crippen LogP contribution in [0.5, 0.6) is 5.75 Å². The third kappa shape index (κ3) is 3.82. The SMILES string of the molecule is O=C1C(N2CCOC(c3cccc(O)c3)C2)CCCN1c1cccc(F)c1. The minimum atomic E-state index is -0.335. The van der Waals surface area contributed by atoms with Crippen molar-refractivity contribution >= 4 is 11.6 Å². The van der Waals surface area contributed by atoms with Crippen molar-refractivity contribution in [3.8, 4) is 5.75 Å². The number of carbonyl (C=O) groups excluding carboxylic acids is 1. The number of ether oxygens (including phenoxy) is 1. The van der Waals surface area contributed by atoms with Crippen LogP contribution < -0.4 is 4.90 Å². The summed E-state index contributed by atoms with van der Waals surface area (Å²) >= 11 is 0. The van der Waals surface area contributed by atoms with E-state index in [1.807, 2.05) is 6.07 Å². The van der Waals surface area contributed by atoms with Crippen molar-refractivity contribution in [2.45, 2.75) is 25.0 Å². The Balaban J connectivity index is 1.51. The van der Waals surface area contributed by atoms with Crippen molar-refractivity contribution in [2.24, 2.45) is 0 Å². The van der Waals surface area contributed by atoms with Crippen LogP contribution in [0.2, 0.25) is 0 Å². The molecule has 0 radical (unpaired) electrons. The van der Waals surface area contributed by atoms with Gasteiger partial charge in [0.15, 0.2) is 0 Å². The van der Waals surface area contributed by atoms with Gasteiger partial charge in [0.05, 0.1) is 18.8 Å². The smallest absolute Gasteiger partial charge is 0.244 e. The number of rotatable bonds is 3. The van der Waals surface area contributed by atoms with Gasteiger partial charge in [0, 0.05) is 25.3 Å². The molecule has 2 unspecified atom stereocenters. The third-order valence-electron chi connectivity index (χ3n) is 5.31.